The van der Waals surface area contributed by atoms with E-state index in [1.54, 1.807) is 6.92 Å². The predicted molar refractivity (Wildman–Crippen MR) is 86.0 cm³/mol. The van der Waals surface area contributed by atoms with Crippen molar-refractivity contribution in [1.82, 2.24) is 0 Å². The lowest BCUT2D eigenvalue weighted by molar-refractivity contribution is -0.148. The third-order valence-corrected chi connectivity index (χ3v) is 4.63. The second-order valence-corrected chi connectivity index (χ2v) is 7.57. The van der Waals surface area contributed by atoms with Gasteiger partial charge in [0.15, 0.2) is 0 Å². The zero-order valence-corrected chi connectivity index (χ0v) is 14.3. The van der Waals surface area contributed by atoms with Crippen molar-refractivity contribution in [2.45, 2.75) is 52.6 Å². The topological polar surface area (TPSA) is 78.6 Å². The molecule has 1 aromatic rings. The van der Waals surface area contributed by atoms with Crippen LogP contribution in [0.25, 0.3) is 0 Å². The Morgan fingerprint density at radius 1 is 1.36 bits per heavy atom. The van der Waals surface area contributed by atoms with Crippen molar-refractivity contribution in [3.63, 3.8) is 0 Å². The van der Waals surface area contributed by atoms with Gasteiger partial charge in [0, 0.05) is 4.88 Å². The average Bonchev–Trinajstić information content (AvgIpc) is 2.71. The van der Waals surface area contributed by atoms with E-state index in [9.17, 15) is 9.59 Å². The zero-order chi connectivity index (χ0) is 16.5. The number of nitrogens with two attached hydrogens (primary N) is 1. The summed E-state index contributed by atoms with van der Waals surface area (Å²) in [6, 6.07) is 0. The fourth-order valence-electron chi connectivity index (χ4n) is 2.62. The molecule has 22 heavy (non-hydrogen) atoms. The number of hydrogen-bond acceptors (Lipinski definition) is 6. The molecule has 0 saturated carbocycles. The van der Waals surface area contributed by atoms with Crippen molar-refractivity contribution in [3.8, 4) is 0 Å². The zero-order valence-electron chi connectivity index (χ0n) is 13.5. The maximum absolute atomic E-state index is 12.4. The fraction of sp³-hybridized carbons (Fsp3) is 0.625. The van der Waals surface area contributed by atoms with Gasteiger partial charge in [0.2, 0.25) is 0 Å². The van der Waals surface area contributed by atoms with Crippen LogP contribution in [0.4, 0.5) is 5.00 Å². The molecule has 1 aliphatic carbocycles. The Labute approximate surface area is 134 Å². The molecule has 1 aromatic heterocycles. The van der Waals surface area contributed by atoms with Crippen molar-refractivity contribution >= 4 is 28.3 Å². The van der Waals surface area contributed by atoms with E-state index in [4.69, 9.17) is 15.2 Å². The molecule has 0 spiro atoms. The number of carbonyl (C=O) groups is 2. The minimum Gasteiger partial charge on any atom is -0.466 e. The van der Waals surface area contributed by atoms with Gasteiger partial charge in [-0.1, -0.05) is 0 Å². The first kappa shape index (κ1) is 16.8. The molecule has 1 atom stereocenters. The number of esters is 2. The Morgan fingerprint density at radius 3 is 2.64 bits per heavy atom. The molecule has 122 valence electrons. The summed E-state index contributed by atoms with van der Waals surface area (Å²) < 4.78 is 10.5. The van der Waals surface area contributed by atoms with Gasteiger partial charge in [0.25, 0.3) is 0 Å². The first-order valence-corrected chi connectivity index (χ1v) is 8.34. The van der Waals surface area contributed by atoms with E-state index in [1.165, 1.54) is 11.3 Å². The molecule has 0 bridgehead atoms. The number of fused-ring (bicyclic) bond motifs is 1. The Bertz CT molecular complexity index is 586. The minimum absolute atomic E-state index is 0.201. The summed E-state index contributed by atoms with van der Waals surface area (Å²) in [5.41, 5.74) is 6.74. The minimum atomic E-state index is -0.576. The highest BCUT2D eigenvalue weighted by atomic mass is 32.1. The van der Waals surface area contributed by atoms with Crippen molar-refractivity contribution < 1.29 is 19.1 Å². The maximum Gasteiger partial charge on any atom is 0.341 e. The second kappa shape index (κ2) is 6.28. The average molecular weight is 325 g/mol. The van der Waals surface area contributed by atoms with Crippen LogP contribution >= 0.6 is 11.3 Å². The number of thiophene rings is 1. The van der Waals surface area contributed by atoms with E-state index in [0.717, 1.165) is 23.3 Å². The molecule has 0 radical (unpaired) electrons. The van der Waals surface area contributed by atoms with Crippen LogP contribution in [-0.2, 0) is 27.1 Å². The normalized spacial score (nSPS) is 17.7. The van der Waals surface area contributed by atoms with Gasteiger partial charge in [-0.25, -0.2) is 4.79 Å². The second-order valence-electron chi connectivity index (χ2n) is 6.44. The van der Waals surface area contributed by atoms with E-state index in [2.05, 4.69) is 0 Å². The summed E-state index contributed by atoms with van der Waals surface area (Å²) in [5, 5.41) is 0.476. The Hall–Kier alpha value is -1.56. The SMILES string of the molecule is CCOC(=O)C1CCc2sc(N)c(C(=O)OC(C)(C)C)c2C1. The molecule has 0 fully saturated rings. The summed E-state index contributed by atoms with van der Waals surface area (Å²) in [7, 11) is 0. The lowest BCUT2D eigenvalue weighted by Gasteiger charge is -2.23. The Kier molecular flexibility index (Phi) is 4.80. The molecule has 0 aliphatic heterocycles. The number of nitrogen functional groups attached to an aromatic ring is 1. The van der Waals surface area contributed by atoms with Gasteiger partial charge in [0.05, 0.1) is 18.1 Å². The molecule has 6 heteroatoms. The lowest BCUT2D eigenvalue weighted by Crippen LogP contribution is -2.27. The van der Waals surface area contributed by atoms with Crippen LogP contribution in [0.15, 0.2) is 0 Å². The largest absolute Gasteiger partial charge is 0.466 e. The van der Waals surface area contributed by atoms with Gasteiger partial charge in [-0.2, -0.15) is 0 Å². The number of anilines is 1. The number of carbonyl (C=O) groups excluding carboxylic acids is 2. The summed E-state index contributed by atoms with van der Waals surface area (Å²) in [6.45, 7) is 7.62. The Balaban J connectivity index is 2.26. The highest BCUT2D eigenvalue weighted by Crippen LogP contribution is 2.39. The van der Waals surface area contributed by atoms with E-state index in [-0.39, 0.29) is 11.9 Å². The quantitative estimate of drug-likeness (QED) is 0.864. The lowest BCUT2D eigenvalue weighted by atomic mass is 9.86. The number of ether oxygens (including phenoxy) is 2. The van der Waals surface area contributed by atoms with Crippen LogP contribution < -0.4 is 5.73 Å². The molecular weight excluding hydrogens is 302 g/mol. The summed E-state index contributed by atoms with van der Waals surface area (Å²) in [5.74, 6) is -0.817. The van der Waals surface area contributed by atoms with Gasteiger partial charge in [-0.3, -0.25) is 4.79 Å². The summed E-state index contributed by atoms with van der Waals surface area (Å²) >= 11 is 1.42. The highest BCUT2D eigenvalue weighted by Gasteiger charge is 2.33. The van der Waals surface area contributed by atoms with Crippen LogP contribution in [-0.4, -0.2) is 24.1 Å². The number of rotatable bonds is 3. The smallest absolute Gasteiger partial charge is 0.341 e. The van der Waals surface area contributed by atoms with Crippen LogP contribution in [0.3, 0.4) is 0 Å². The van der Waals surface area contributed by atoms with E-state index < -0.39 is 11.6 Å². The third-order valence-electron chi connectivity index (χ3n) is 3.51. The van der Waals surface area contributed by atoms with Gasteiger partial charge in [-0.05, 0) is 52.5 Å². The highest BCUT2D eigenvalue weighted by molar-refractivity contribution is 7.16. The first-order valence-electron chi connectivity index (χ1n) is 7.53. The van der Waals surface area contributed by atoms with Crippen molar-refractivity contribution in [3.05, 3.63) is 16.0 Å². The van der Waals surface area contributed by atoms with Crippen LogP contribution in [0.5, 0.6) is 0 Å². The molecule has 1 unspecified atom stereocenters. The fourth-order valence-corrected chi connectivity index (χ4v) is 3.72. The van der Waals surface area contributed by atoms with E-state index in [0.29, 0.717) is 23.6 Å². The molecule has 0 amide bonds. The van der Waals surface area contributed by atoms with Crippen LogP contribution in [0, 0.1) is 5.92 Å². The predicted octanol–water partition coefficient (Wildman–Crippen LogP) is 2.95. The summed E-state index contributed by atoms with van der Waals surface area (Å²) in [6.07, 6.45) is 1.98. The van der Waals surface area contributed by atoms with Crippen molar-refractivity contribution in [1.29, 1.82) is 0 Å². The monoisotopic (exact) mass is 325 g/mol. The van der Waals surface area contributed by atoms with E-state index >= 15 is 0 Å². The molecule has 1 heterocycles. The van der Waals surface area contributed by atoms with E-state index in [1.807, 2.05) is 20.8 Å². The van der Waals surface area contributed by atoms with Gasteiger partial charge < -0.3 is 15.2 Å². The number of aryl methyl sites for hydroxylation is 1. The van der Waals surface area contributed by atoms with Crippen molar-refractivity contribution in [2.75, 3.05) is 12.3 Å². The third kappa shape index (κ3) is 3.61. The molecule has 1 aliphatic rings. The van der Waals surface area contributed by atoms with Crippen LogP contribution in [0.1, 0.15) is 54.9 Å². The van der Waals surface area contributed by atoms with Gasteiger partial charge >= 0.3 is 11.9 Å². The Morgan fingerprint density at radius 2 is 2.05 bits per heavy atom. The maximum atomic E-state index is 12.4. The molecule has 2 rings (SSSR count). The first-order chi connectivity index (χ1) is 10.2. The molecule has 5 nitrogen and oxygen atoms in total. The van der Waals surface area contributed by atoms with Gasteiger partial charge in [-0.15, -0.1) is 11.3 Å². The molecule has 0 aromatic carbocycles. The van der Waals surface area contributed by atoms with Crippen LogP contribution in [0.2, 0.25) is 0 Å². The van der Waals surface area contributed by atoms with Crippen molar-refractivity contribution in [2.24, 2.45) is 5.92 Å². The number of hydrogen-bond donors (Lipinski definition) is 1. The molecule has 0 saturated heterocycles. The molecular formula is C16H23NO4S. The van der Waals surface area contributed by atoms with Gasteiger partial charge in [0.1, 0.15) is 10.6 Å². The summed E-state index contributed by atoms with van der Waals surface area (Å²) in [4.78, 5) is 25.4. The molecule has 2 N–H and O–H groups in total. The standard InChI is InChI=1S/C16H23NO4S/c1-5-20-14(18)9-6-7-11-10(8-9)12(13(17)22-11)15(19)21-16(2,3)4/h9H,5-8,17H2,1-4H3.